The van der Waals surface area contributed by atoms with Crippen molar-refractivity contribution >= 4 is 11.6 Å². The van der Waals surface area contributed by atoms with Gasteiger partial charge in [0.15, 0.2) is 0 Å². The molecule has 1 amide bonds. The molecule has 0 heterocycles. The molecule has 0 atom stereocenters. The molecule has 4 heteroatoms. The maximum absolute atomic E-state index is 12.0. The van der Waals surface area contributed by atoms with Crippen LogP contribution < -0.4 is 15.4 Å². The number of nitrogens with one attached hydrogen (secondary N) is 2. The number of amides is 1. The largest absolute Gasteiger partial charge is 0.496 e. The fraction of sp³-hybridized carbons (Fsp3) is 0.350. The Morgan fingerprint density at radius 1 is 1.08 bits per heavy atom. The first-order chi connectivity index (χ1) is 11.6. The minimum atomic E-state index is 0.0236. The highest BCUT2D eigenvalue weighted by molar-refractivity contribution is 5.76. The van der Waals surface area contributed by atoms with E-state index in [1.54, 1.807) is 7.11 Å². The lowest BCUT2D eigenvalue weighted by Gasteiger charge is -2.14. The van der Waals surface area contributed by atoms with Crippen molar-refractivity contribution in [3.8, 4) is 5.75 Å². The molecule has 0 saturated heterocycles. The van der Waals surface area contributed by atoms with E-state index in [9.17, 15) is 4.79 Å². The fourth-order valence-corrected chi connectivity index (χ4v) is 2.60. The van der Waals surface area contributed by atoms with Gasteiger partial charge in [-0.3, -0.25) is 4.79 Å². The highest BCUT2D eigenvalue weighted by atomic mass is 16.5. The van der Waals surface area contributed by atoms with Crippen LogP contribution in [0, 0.1) is 0 Å². The average molecular weight is 326 g/mol. The van der Waals surface area contributed by atoms with Crippen LogP contribution in [0.15, 0.2) is 48.5 Å². The number of methoxy groups -OCH3 is 1. The van der Waals surface area contributed by atoms with Crippen LogP contribution >= 0.6 is 0 Å². The molecule has 0 unspecified atom stereocenters. The second kappa shape index (κ2) is 8.96. The van der Waals surface area contributed by atoms with Gasteiger partial charge in [0.2, 0.25) is 5.91 Å². The first kappa shape index (κ1) is 17.9. The maximum Gasteiger partial charge on any atom is 0.222 e. The van der Waals surface area contributed by atoms with E-state index >= 15 is 0 Å². The summed E-state index contributed by atoms with van der Waals surface area (Å²) < 4.78 is 5.29. The molecule has 4 nitrogen and oxygen atoms in total. The molecule has 2 N–H and O–H groups in total. The minimum Gasteiger partial charge on any atom is -0.496 e. The summed E-state index contributed by atoms with van der Waals surface area (Å²) in [4.78, 5) is 12.0. The number of hydrogen-bond acceptors (Lipinski definition) is 3. The van der Waals surface area contributed by atoms with E-state index < -0.39 is 0 Å². The minimum absolute atomic E-state index is 0.0236. The quantitative estimate of drug-likeness (QED) is 0.772. The standard InChI is InChI=1S/C20H26N2O2/c1-15(2)17-9-5-6-10-18(17)21-13-12-20(23)22-14-16-8-4-7-11-19(16)24-3/h4-11,15,21H,12-14H2,1-3H3,(H,22,23). The van der Waals surface area contributed by atoms with Gasteiger partial charge in [-0.15, -0.1) is 0 Å². The molecule has 0 radical (unpaired) electrons. The Kier molecular flexibility index (Phi) is 6.67. The van der Waals surface area contributed by atoms with Crippen LogP contribution in [0.25, 0.3) is 0 Å². The highest BCUT2D eigenvalue weighted by Gasteiger charge is 2.07. The molecule has 2 aromatic carbocycles. The Balaban J connectivity index is 1.80. The Morgan fingerprint density at radius 2 is 1.79 bits per heavy atom. The predicted octanol–water partition coefficient (Wildman–Crippen LogP) is 3.94. The third kappa shape index (κ3) is 5.01. The average Bonchev–Trinajstić information content (AvgIpc) is 2.60. The summed E-state index contributed by atoms with van der Waals surface area (Å²) >= 11 is 0. The van der Waals surface area contributed by atoms with Crippen LogP contribution in [-0.4, -0.2) is 19.6 Å². The van der Waals surface area contributed by atoms with E-state index in [1.165, 1.54) is 5.56 Å². The number of rotatable bonds is 8. The number of para-hydroxylation sites is 2. The van der Waals surface area contributed by atoms with E-state index in [2.05, 4.69) is 36.6 Å². The summed E-state index contributed by atoms with van der Waals surface area (Å²) in [6.45, 7) is 5.42. The van der Waals surface area contributed by atoms with Crippen molar-refractivity contribution in [1.82, 2.24) is 5.32 Å². The SMILES string of the molecule is COc1ccccc1CNC(=O)CCNc1ccccc1C(C)C. The molecule has 2 rings (SSSR count). The van der Waals surface area contributed by atoms with Crippen LogP contribution in [-0.2, 0) is 11.3 Å². The molecule has 0 saturated carbocycles. The van der Waals surface area contributed by atoms with Gasteiger partial charge in [0.25, 0.3) is 0 Å². The second-order valence-electron chi connectivity index (χ2n) is 6.01. The van der Waals surface area contributed by atoms with Crippen molar-refractivity contribution in [3.05, 3.63) is 59.7 Å². The number of carbonyl (C=O) groups excluding carboxylic acids is 1. The summed E-state index contributed by atoms with van der Waals surface area (Å²) in [7, 11) is 1.64. The molecule has 0 spiro atoms. The second-order valence-corrected chi connectivity index (χ2v) is 6.01. The lowest BCUT2D eigenvalue weighted by atomic mass is 10.0. The van der Waals surface area contributed by atoms with Gasteiger partial charge in [-0.1, -0.05) is 50.2 Å². The lowest BCUT2D eigenvalue weighted by molar-refractivity contribution is -0.121. The predicted molar refractivity (Wildman–Crippen MR) is 98.5 cm³/mol. The molecule has 0 aliphatic heterocycles. The Bertz CT molecular complexity index is 668. The van der Waals surface area contributed by atoms with Crippen LogP contribution in [0.4, 0.5) is 5.69 Å². The number of anilines is 1. The van der Waals surface area contributed by atoms with E-state index in [0.717, 1.165) is 17.0 Å². The summed E-state index contributed by atoms with van der Waals surface area (Å²) in [5.74, 6) is 1.27. The van der Waals surface area contributed by atoms with E-state index in [0.29, 0.717) is 25.4 Å². The molecule has 0 aromatic heterocycles. The Morgan fingerprint density at radius 3 is 2.54 bits per heavy atom. The highest BCUT2D eigenvalue weighted by Crippen LogP contribution is 2.23. The Labute approximate surface area is 144 Å². The molecule has 0 fully saturated rings. The lowest BCUT2D eigenvalue weighted by Crippen LogP contribution is -2.25. The fourth-order valence-electron chi connectivity index (χ4n) is 2.60. The molecule has 128 valence electrons. The molecule has 24 heavy (non-hydrogen) atoms. The number of carbonyl (C=O) groups is 1. The van der Waals surface area contributed by atoms with E-state index in [1.807, 2.05) is 36.4 Å². The normalized spacial score (nSPS) is 10.5. The first-order valence-corrected chi connectivity index (χ1v) is 8.33. The van der Waals surface area contributed by atoms with Gasteiger partial charge in [-0.2, -0.15) is 0 Å². The van der Waals surface area contributed by atoms with Crippen molar-refractivity contribution in [2.45, 2.75) is 32.7 Å². The van der Waals surface area contributed by atoms with Crippen LogP contribution in [0.5, 0.6) is 5.75 Å². The number of hydrogen-bond donors (Lipinski definition) is 2. The monoisotopic (exact) mass is 326 g/mol. The molecule has 2 aromatic rings. The van der Waals surface area contributed by atoms with Gasteiger partial charge in [0, 0.05) is 30.8 Å². The molecule has 0 aliphatic carbocycles. The number of ether oxygens (including phenoxy) is 1. The molecule has 0 aliphatic rings. The van der Waals surface area contributed by atoms with Gasteiger partial charge in [-0.25, -0.2) is 0 Å². The zero-order chi connectivity index (χ0) is 17.4. The van der Waals surface area contributed by atoms with Gasteiger partial charge >= 0.3 is 0 Å². The third-order valence-electron chi connectivity index (χ3n) is 3.92. The molecule has 0 bridgehead atoms. The summed E-state index contributed by atoms with van der Waals surface area (Å²) in [5, 5.41) is 6.30. The van der Waals surface area contributed by atoms with Crippen molar-refractivity contribution in [2.24, 2.45) is 0 Å². The summed E-state index contributed by atoms with van der Waals surface area (Å²) in [5.41, 5.74) is 3.35. The van der Waals surface area contributed by atoms with E-state index in [-0.39, 0.29) is 5.91 Å². The Hall–Kier alpha value is -2.49. The third-order valence-corrected chi connectivity index (χ3v) is 3.92. The van der Waals surface area contributed by atoms with Gasteiger partial charge in [0.1, 0.15) is 5.75 Å². The number of benzene rings is 2. The van der Waals surface area contributed by atoms with Crippen molar-refractivity contribution in [3.63, 3.8) is 0 Å². The van der Waals surface area contributed by atoms with Crippen LogP contribution in [0.3, 0.4) is 0 Å². The maximum atomic E-state index is 12.0. The summed E-state index contributed by atoms with van der Waals surface area (Å²) in [6.07, 6.45) is 0.432. The van der Waals surface area contributed by atoms with Gasteiger partial charge < -0.3 is 15.4 Å². The van der Waals surface area contributed by atoms with E-state index in [4.69, 9.17) is 4.74 Å². The van der Waals surface area contributed by atoms with Gasteiger partial charge in [-0.05, 0) is 23.6 Å². The molecular formula is C20H26N2O2. The topological polar surface area (TPSA) is 50.4 Å². The first-order valence-electron chi connectivity index (χ1n) is 8.33. The zero-order valence-corrected chi connectivity index (χ0v) is 14.6. The van der Waals surface area contributed by atoms with Crippen molar-refractivity contribution in [2.75, 3.05) is 19.0 Å². The zero-order valence-electron chi connectivity index (χ0n) is 14.6. The van der Waals surface area contributed by atoms with Crippen LogP contribution in [0.2, 0.25) is 0 Å². The van der Waals surface area contributed by atoms with Crippen LogP contribution in [0.1, 0.15) is 37.3 Å². The molecular weight excluding hydrogens is 300 g/mol. The van der Waals surface area contributed by atoms with Gasteiger partial charge in [0.05, 0.1) is 7.11 Å². The van der Waals surface area contributed by atoms with Crippen molar-refractivity contribution < 1.29 is 9.53 Å². The smallest absolute Gasteiger partial charge is 0.222 e. The van der Waals surface area contributed by atoms with Crippen molar-refractivity contribution in [1.29, 1.82) is 0 Å². The summed E-state index contributed by atoms with van der Waals surface area (Å²) in [6, 6.07) is 15.9.